The summed E-state index contributed by atoms with van der Waals surface area (Å²) in [5.41, 5.74) is 0.347. The van der Waals surface area contributed by atoms with Gasteiger partial charge in [0.15, 0.2) is 6.61 Å². The molecule has 1 amide bonds. The zero-order chi connectivity index (χ0) is 17.7. The van der Waals surface area contributed by atoms with Gasteiger partial charge in [-0.15, -0.1) is 0 Å². The third-order valence-electron chi connectivity index (χ3n) is 3.08. The quantitative estimate of drug-likeness (QED) is 0.818. The molecule has 128 valence electrons. The lowest BCUT2D eigenvalue weighted by molar-refractivity contribution is -0.148. The smallest absolute Gasteiger partial charge is 0.310 e. The minimum atomic E-state index is -0.514. The van der Waals surface area contributed by atoms with E-state index < -0.39 is 5.97 Å². The first-order valence-corrected chi connectivity index (χ1v) is 7.68. The number of hydrogen-bond donors (Lipinski definition) is 1. The minimum absolute atomic E-state index is 0.0128. The van der Waals surface area contributed by atoms with Crippen molar-refractivity contribution in [3.8, 4) is 0 Å². The molecule has 0 radical (unpaired) electrons. The number of carbonyl (C=O) groups excluding carboxylic acids is 2. The summed E-state index contributed by atoms with van der Waals surface area (Å²) in [4.78, 5) is 23.6. The number of esters is 1. The van der Waals surface area contributed by atoms with Gasteiger partial charge >= 0.3 is 5.97 Å². The molecule has 1 rings (SSSR count). The molecule has 0 aromatic heterocycles. The zero-order valence-electron chi connectivity index (χ0n) is 14.5. The summed E-state index contributed by atoms with van der Waals surface area (Å²) in [7, 11) is 0. The van der Waals surface area contributed by atoms with E-state index in [1.54, 1.807) is 0 Å². The van der Waals surface area contributed by atoms with Gasteiger partial charge in [0.05, 0.1) is 6.42 Å². The monoisotopic (exact) mass is 323 g/mol. The molecule has 4 nitrogen and oxygen atoms in total. The predicted molar refractivity (Wildman–Crippen MR) is 87.4 cm³/mol. The second-order valence-electron chi connectivity index (χ2n) is 7.63. The Morgan fingerprint density at radius 2 is 1.65 bits per heavy atom. The average molecular weight is 323 g/mol. The molecule has 1 N–H and O–H groups in total. The molecule has 0 aliphatic heterocycles. The summed E-state index contributed by atoms with van der Waals surface area (Å²) in [6.45, 7) is 9.87. The summed E-state index contributed by atoms with van der Waals surface area (Å²) >= 11 is 0. The Labute approximate surface area is 137 Å². The summed E-state index contributed by atoms with van der Waals surface area (Å²) in [5, 5.41) is 2.87. The summed E-state index contributed by atoms with van der Waals surface area (Å²) < 4.78 is 17.8. The molecule has 0 heterocycles. The van der Waals surface area contributed by atoms with Crippen molar-refractivity contribution >= 4 is 11.9 Å². The van der Waals surface area contributed by atoms with Gasteiger partial charge in [-0.1, -0.05) is 32.9 Å². The number of carbonyl (C=O) groups is 2. The molecule has 0 fully saturated rings. The second-order valence-corrected chi connectivity index (χ2v) is 7.63. The molecule has 0 unspecified atom stereocenters. The van der Waals surface area contributed by atoms with Crippen LogP contribution in [0.4, 0.5) is 4.39 Å². The molecule has 0 aliphatic carbocycles. The first kappa shape index (κ1) is 19.1. The SMILES string of the molecule is CC(C)(C)CC(C)(C)NC(=O)COC(=O)Cc1ccc(F)cc1. The largest absolute Gasteiger partial charge is 0.455 e. The topological polar surface area (TPSA) is 55.4 Å². The Bertz CT molecular complexity index is 544. The molecule has 0 saturated heterocycles. The highest BCUT2D eigenvalue weighted by atomic mass is 19.1. The van der Waals surface area contributed by atoms with Crippen LogP contribution in [0.1, 0.15) is 46.6 Å². The highest BCUT2D eigenvalue weighted by Gasteiger charge is 2.27. The van der Waals surface area contributed by atoms with Gasteiger partial charge in [0.25, 0.3) is 5.91 Å². The molecule has 0 saturated carbocycles. The molecule has 1 aromatic rings. The Balaban J connectivity index is 2.40. The van der Waals surface area contributed by atoms with Crippen molar-refractivity contribution in [2.75, 3.05) is 6.61 Å². The van der Waals surface area contributed by atoms with E-state index in [2.05, 4.69) is 26.1 Å². The Morgan fingerprint density at radius 3 is 2.17 bits per heavy atom. The fourth-order valence-corrected chi connectivity index (χ4v) is 2.75. The van der Waals surface area contributed by atoms with E-state index >= 15 is 0 Å². The van der Waals surface area contributed by atoms with Gasteiger partial charge in [-0.05, 0) is 43.4 Å². The van der Waals surface area contributed by atoms with E-state index in [1.807, 2.05) is 13.8 Å². The Morgan fingerprint density at radius 1 is 1.09 bits per heavy atom. The number of ether oxygens (including phenoxy) is 1. The normalized spacial score (nSPS) is 11.9. The van der Waals surface area contributed by atoms with Crippen LogP contribution in [-0.4, -0.2) is 24.0 Å². The van der Waals surface area contributed by atoms with Crippen molar-refractivity contribution in [1.82, 2.24) is 5.32 Å². The molecular weight excluding hydrogens is 297 g/mol. The van der Waals surface area contributed by atoms with Crippen molar-refractivity contribution in [3.05, 3.63) is 35.6 Å². The van der Waals surface area contributed by atoms with Crippen LogP contribution in [0.2, 0.25) is 0 Å². The molecule has 0 spiro atoms. The highest BCUT2D eigenvalue weighted by Crippen LogP contribution is 2.26. The third kappa shape index (κ3) is 8.33. The lowest BCUT2D eigenvalue weighted by Crippen LogP contribution is -2.47. The lowest BCUT2D eigenvalue weighted by Gasteiger charge is -2.33. The summed E-state index contributed by atoms with van der Waals surface area (Å²) in [6, 6.07) is 5.60. The van der Waals surface area contributed by atoms with Gasteiger partial charge in [-0.2, -0.15) is 0 Å². The summed E-state index contributed by atoms with van der Waals surface area (Å²) in [5.74, 6) is -1.20. The van der Waals surface area contributed by atoms with E-state index in [0.717, 1.165) is 6.42 Å². The van der Waals surface area contributed by atoms with Crippen LogP contribution in [0, 0.1) is 11.2 Å². The Kier molecular flexibility index (Phi) is 6.30. The maximum Gasteiger partial charge on any atom is 0.310 e. The number of nitrogens with one attached hydrogen (secondary N) is 1. The number of amides is 1. The summed E-state index contributed by atoms with van der Waals surface area (Å²) in [6.07, 6.45) is 0.814. The molecule has 5 heteroatoms. The molecular formula is C18H26FNO3. The van der Waals surface area contributed by atoms with E-state index in [1.165, 1.54) is 24.3 Å². The number of halogens is 1. The molecule has 23 heavy (non-hydrogen) atoms. The van der Waals surface area contributed by atoms with Gasteiger partial charge in [0, 0.05) is 5.54 Å². The van der Waals surface area contributed by atoms with Crippen molar-refractivity contribution in [2.45, 2.75) is 53.0 Å². The van der Waals surface area contributed by atoms with Crippen molar-refractivity contribution in [3.63, 3.8) is 0 Å². The lowest BCUT2D eigenvalue weighted by atomic mass is 9.82. The second kappa shape index (κ2) is 7.57. The zero-order valence-corrected chi connectivity index (χ0v) is 14.5. The van der Waals surface area contributed by atoms with Crippen LogP contribution >= 0.6 is 0 Å². The average Bonchev–Trinajstić information content (AvgIpc) is 2.35. The number of hydrogen-bond acceptors (Lipinski definition) is 3. The van der Waals surface area contributed by atoms with Gasteiger partial charge in [-0.3, -0.25) is 9.59 Å². The first-order chi connectivity index (χ1) is 10.5. The van der Waals surface area contributed by atoms with Gasteiger partial charge < -0.3 is 10.1 Å². The highest BCUT2D eigenvalue weighted by molar-refractivity contribution is 5.81. The van der Waals surface area contributed by atoms with Gasteiger partial charge in [0.1, 0.15) is 5.82 Å². The van der Waals surface area contributed by atoms with Gasteiger partial charge in [-0.25, -0.2) is 4.39 Å². The number of rotatable bonds is 6. The fraction of sp³-hybridized carbons (Fsp3) is 0.556. The van der Waals surface area contributed by atoms with E-state index in [9.17, 15) is 14.0 Å². The molecule has 0 aliphatic rings. The van der Waals surface area contributed by atoms with Crippen molar-refractivity contribution in [1.29, 1.82) is 0 Å². The minimum Gasteiger partial charge on any atom is -0.455 e. The third-order valence-corrected chi connectivity index (χ3v) is 3.08. The standard InChI is InChI=1S/C18H26FNO3/c1-17(2,3)12-18(4,5)20-15(21)11-23-16(22)10-13-6-8-14(19)9-7-13/h6-9H,10-12H2,1-5H3,(H,20,21). The van der Waals surface area contributed by atoms with E-state index in [4.69, 9.17) is 4.74 Å². The van der Waals surface area contributed by atoms with Crippen LogP contribution < -0.4 is 5.32 Å². The van der Waals surface area contributed by atoms with Crippen molar-refractivity contribution in [2.24, 2.45) is 5.41 Å². The van der Waals surface area contributed by atoms with Gasteiger partial charge in [0.2, 0.25) is 0 Å². The maximum absolute atomic E-state index is 12.8. The van der Waals surface area contributed by atoms with Crippen LogP contribution in [-0.2, 0) is 20.7 Å². The first-order valence-electron chi connectivity index (χ1n) is 7.68. The number of benzene rings is 1. The molecule has 0 atom stereocenters. The van der Waals surface area contributed by atoms with E-state index in [-0.39, 0.29) is 35.7 Å². The van der Waals surface area contributed by atoms with E-state index in [0.29, 0.717) is 5.56 Å². The van der Waals surface area contributed by atoms with Crippen LogP contribution in [0.3, 0.4) is 0 Å². The van der Waals surface area contributed by atoms with Crippen LogP contribution in [0.5, 0.6) is 0 Å². The molecule has 0 bridgehead atoms. The maximum atomic E-state index is 12.8. The van der Waals surface area contributed by atoms with Crippen LogP contribution in [0.15, 0.2) is 24.3 Å². The predicted octanol–water partition coefficient (Wildman–Crippen LogP) is 3.24. The Hall–Kier alpha value is -1.91. The van der Waals surface area contributed by atoms with Crippen LogP contribution in [0.25, 0.3) is 0 Å². The molecule has 1 aromatic carbocycles. The fourth-order valence-electron chi connectivity index (χ4n) is 2.75. The van der Waals surface area contributed by atoms with Crippen molar-refractivity contribution < 1.29 is 18.7 Å².